The van der Waals surface area contributed by atoms with Crippen LogP contribution in [0.2, 0.25) is 0 Å². The normalized spacial score (nSPS) is 21.9. The van der Waals surface area contributed by atoms with Crippen LogP contribution in [0.4, 0.5) is 0 Å². The molecule has 8 heteroatoms. The van der Waals surface area contributed by atoms with Crippen LogP contribution in [0.25, 0.3) is 0 Å². The van der Waals surface area contributed by atoms with Gasteiger partial charge in [0.05, 0.1) is 28.4 Å². The summed E-state index contributed by atoms with van der Waals surface area (Å²) >= 11 is 4.72. The fourth-order valence-electron chi connectivity index (χ4n) is 3.10. The summed E-state index contributed by atoms with van der Waals surface area (Å²) in [4.78, 5) is 28.8. The lowest BCUT2D eigenvalue weighted by Crippen LogP contribution is -2.47. The van der Waals surface area contributed by atoms with Crippen molar-refractivity contribution in [3.8, 4) is 0 Å². The molecule has 0 N–H and O–H groups in total. The van der Waals surface area contributed by atoms with Crippen LogP contribution >= 0.6 is 27.3 Å². The molecule has 0 bridgehead atoms. The Balaban J connectivity index is 1.54. The molecule has 3 heterocycles. The van der Waals surface area contributed by atoms with Gasteiger partial charge in [-0.1, -0.05) is 0 Å². The number of likely N-dealkylation sites (N-methyl/N-ethyl adjacent to an activating group) is 1. The van der Waals surface area contributed by atoms with Gasteiger partial charge in [0, 0.05) is 26.1 Å². The zero-order valence-electron chi connectivity index (χ0n) is 13.6. The van der Waals surface area contributed by atoms with Crippen molar-refractivity contribution in [3.63, 3.8) is 0 Å². The van der Waals surface area contributed by atoms with Crippen LogP contribution in [0.15, 0.2) is 15.9 Å². The number of nitrogens with zero attached hydrogens (tertiary/aromatic N) is 2. The zero-order valence-corrected chi connectivity index (χ0v) is 16.0. The maximum atomic E-state index is 12.6. The molecule has 2 fully saturated rings. The van der Waals surface area contributed by atoms with E-state index in [2.05, 4.69) is 15.9 Å². The van der Waals surface area contributed by atoms with Crippen molar-refractivity contribution in [2.24, 2.45) is 5.92 Å². The quantitative estimate of drug-likeness (QED) is 0.754. The molecule has 0 aliphatic carbocycles. The first kappa shape index (κ1) is 17.8. The summed E-state index contributed by atoms with van der Waals surface area (Å²) in [7, 11) is 1.67. The van der Waals surface area contributed by atoms with E-state index >= 15 is 0 Å². The van der Waals surface area contributed by atoms with Gasteiger partial charge in [-0.25, -0.2) is 0 Å². The molecular weight excluding hydrogens is 396 g/mol. The number of hydrogen-bond donors (Lipinski definition) is 0. The van der Waals surface area contributed by atoms with Crippen molar-refractivity contribution in [1.29, 1.82) is 0 Å². The van der Waals surface area contributed by atoms with E-state index in [1.807, 2.05) is 11.0 Å². The summed E-state index contributed by atoms with van der Waals surface area (Å²) in [6, 6.07) is 3.61. The molecule has 0 aromatic carbocycles. The predicted molar refractivity (Wildman–Crippen MR) is 94.0 cm³/mol. The highest BCUT2D eigenvalue weighted by atomic mass is 79.9. The molecule has 2 amide bonds. The molecule has 24 heavy (non-hydrogen) atoms. The summed E-state index contributed by atoms with van der Waals surface area (Å²) < 4.78 is 12.0. The minimum absolute atomic E-state index is 0.0239. The van der Waals surface area contributed by atoms with Crippen molar-refractivity contribution >= 4 is 39.1 Å². The van der Waals surface area contributed by atoms with E-state index in [0.717, 1.165) is 23.2 Å². The number of amides is 2. The van der Waals surface area contributed by atoms with Crippen LogP contribution in [0.3, 0.4) is 0 Å². The zero-order chi connectivity index (χ0) is 17.1. The Morgan fingerprint density at radius 1 is 1.38 bits per heavy atom. The number of piperidine rings is 1. The highest BCUT2D eigenvalue weighted by Crippen LogP contribution is 2.25. The molecule has 6 nitrogen and oxygen atoms in total. The van der Waals surface area contributed by atoms with Gasteiger partial charge in [0.1, 0.15) is 0 Å². The molecule has 132 valence electrons. The minimum atomic E-state index is -0.191. The first-order valence-corrected chi connectivity index (χ1v) is 9.67. The van der Waals surface area contributed by atoms with Gasteiger partial charge in [0.25, 0.3) is 5.91 Å². The fraction of sp³-hybridized carbons (Fsp3) is 0.625. The molecule has 1 atom stereocenters. The van der Waals surface area contributed by atoms with Gasteiger partial charge in [0.2, 0.25) is 5.91 Å². The van der Waals surface area contributed by atoms with Crippen LogP contribution in [0.1, 0.15) is 22.5 Å². The first-order chi connectivity index (χ1) is 11.5. The Kier molecular flexibility index (Phi) is 5.91. The van der Waals surface area contributed by atoms with E-state index < -0.39 is 0 Å². The van der Waals surface area contributed by atoms with E-state index in [-0.39, 0.29) is 30.6 Å². The van der Waals surface area contributed by atoms with Gasteiger partial charge < -0.3 is 19.3 Å². The van der Waals surface area contributed by atoms with Crippen molar-refractivity contribution < 1.29 is 19.1 Å². The third-order valence-electron chi connectivity index (χ3n) is 4.35. The molecule has 3 rings (SSSR count). The number of halogens is 1. The average Bonchev–Trinajstić information content (AvgIpc) is 3.25. The Labute approximate surface area is 153 Å². The Morgan fingerprint density at radius 3 is 2.79 bits per heavy atom. The van der Waals surface area contributed by atoms with Gasteiger partial charge in [-0.05, 0) is 40.9 Å². The van der Waals surface area contributed by atoms with E-state index in [4.69, 9.17) is 9.47 Å². The van der Waals surface area contributed by atoms with Crippen molar-refractivity contribution in [1.82, 2.24) is 9.80 Å². The van der Waals surface area contributed by atoms with Crippen LogP contribution in [0.5, 0.6) is 0 Å². The number of ether oxygens (including phenoxy) is 2. The molecule has 1 aromatic heterocycles. The third kappa shape index (κ3) is 4.17. The van der Waals surface area contributed by atoms with Gasteiger partial charge in [0.15, 0.2) is 6.29 Å². The largest absolute Gasteiger partial charge is 0.350 e. The average molecular weight is 417 g/mol. The summed E-state index contributed by atoms with van der Waals surface area (Å²) in [5.74, 6) is 0.0682. The number of thiophene rings is 1. The standard InChI is InChI=1S/C16H21BrN2O4S/c1-18(15(21)12-4-5-13(17)24-12)10-14(20)19-6-2-3-11(9-19)16-22-7-8-23-16/h4-5,11,16H,2-3,6-10H2,1H3. The van der Waals surface area contributed by atoms with Crippen LogP contribution in [0, 0.1) is 5.92 Å². The van der Waals surface area contributed by atoms with E-state index in [0.29, 0.717) is 24.6 Å². The third-order valence-corrected chi connectivity index (χ3v) is 5.96. The van der Waals surface area contributed by atoms with Crippen molar-refractivity contribution in [2.75, 3.05) is 39.9 Å². The van der Waals surface area contributed by atoms with E-state index in [1.165, 1.54) is 16.2 Å². The Morgan fingerprint density at radius 2 is 2.12 bits per heavy atom. The maximum Gasteiger partial charge on any atom is 0.264 e. The van der Waals surface area contributed by atoms with E-state index in [1.54, 1.807) is 13.1 Å². The lowest BCUT2D eigenvalue weighted by atomic mass is 9.97. The molecule has 0 saturated carbocycles. The molecule has 2 aliphatic heterocycles. The molecule has 1 unspecified atom stereocenters. The highest BCUT2D eigenvalue weighted by molar-refractivity contribution is 9.11. The second-order valence-electron chi connectivity index (χ2n) is 6.12. The van der Waals surface area contributed by atoms with Gasteiger partial charge in [-0.2, -0.15) is 0 Å². The van der Waals surface area contributed by atoms with Crippen molar-refractivity contribution in [2.45, 2.75) is 19.1 Å². The second kappa shape index (κ2) is 7.95. The molecule has 0 radical (unpaired) electrons. The van der Waals surface area contributed by atoms with Crippen molar-refractivity contribution in [3.05, 3.63) is 20.8 Å². The van der Waals surface area contributed by atoms with E-state index in [9.17, 15) is 9.59 Å². The number of rotatable bonds is 4. The summed E-state index contributed by atoms with van der Waals surface area (Å²) in [6.45, 7) is 2.71. The topological polar surface area (TPSA) is 59.1 Å². The molecule has 1 aromatic rings. The summed E-state index contributed by atoms with van der Waals surface area (Å²) in [5.41, 5.74) is 0. The smallest absolute Gasteiger partial charge is 0.264 e. The first-order valence-electron chi connectivity index (χ1n) is 8.06. The molecule has 2 saturated heterocycles. The molecule has 0 spiro atoms. The van der Waals surface area contributed by atoms with Gasteiger partial charge in [-0.15, -0.1) is 11.3 Å². The highest BCUT2D eigenvalue weighted by Gasteiger charge is 2.33. The maximum absolute atomic E-state index is 12.6. The summed E-state index contributed by atoms with van der Waals surface area (Å²) in [5, 5.41) is 0. The Bertz CT molecular complexity index is 603. The van der Waals surface area contributed by atoms with Crippen LogP contribution in [-0.2, 0) is 14.3 Å². The number of hydrogen-bond acceptors (Lipinski definition) is 5. The lowest BCUT2D eigenvalue weighted by molar-refractivity contribution is -0.139. The van der Waals surface area contributed by atoms with Crippen LogP contribution in [-0.4, -0.2) is 67.8 Å². The molecular formula is C16H21BrN2O4S. The minimum Gasteiger partial charge on any atom is -0.350 e. The van der Waals surface area contributed by atoms with Gasteiger partial charge >= 0.3 is 0 Å². The predicted octanol–water partition coefficient (Wildman–Crippen LogP) is 2.19. The number of carbonyl (C=O) groups is 2. The van der Waals surface area contributed by atoms with Crippen LogP contribution < -0.4 is 0 Å². The van der Waals surface area contributed by atoms with Gasteiger partial charge in [-0.3, -0.25) is 9.59 Å². The SMILES string of the molecule is CN(CC(=O)N1CCCC(C2OCCO2)C1)C(=O)c1ccc(Br)s1. The molecule has 2 aliphatic rings. The fourth-order valence-corrected chi connectivity index (χ4v) is 4.48. The Hall–Kier alpha value is -0.960. The second-order valence-corrected chi connectivity index (χ2v) is 8.58. The number of likely N-dealkylation sites (tertiary alicyclic amines) is 1. The monoisotopic (exact) mass is 416 g/mol. The summed E-state index contributed by atoms with van der Waals surface area (Å²) in [6.07, 6.45) is 1.75. The number of carbonyl (C=O) groups excluding carboxylic acids is 2. The lowest BCUT2D eigenvalue weighted by Gasteiger charge is -2.35.